The van der Waals surface area contributed by atoms with E-state index >= 15 is 0 Å². The van der Waals surface area contributed by atoms with Crippen LogP contribution in [0.25, 0.3) is 0 Å². The predicted molar refractivity (Wildman–Crippen MR) is 34.2 cm³/mol. The van der Waals surface area contributed by atoms with Crippen molar-refractivity contribution < 1.29 is 11.5 Å². The molecular weight excluding hydrogens is 137 g/mol. The molecule has 10 heavy (non-hydrogen) atoms. The molecule has 0 amide bonds. The van der Waals surface area contributed by atoms with E-state index in [1.165, 1.54) is 0 Å². The van der Waals surface area contributed by atoms with Crippen LogP contribution in [0.4, 0.5) is 8.78 Å². The Hall–Kier alpha value is -0.960. The molecule has 1 aromatic rings. The van der Waals surface area contributed by atoms with Gasteiger partial charge < -0.3 is 5.73 Å². The lowest BCUT2D eigenvalue weighted by atomic mass is 10.2. The van der Waals surface area contributed by atoms with Crippen molar-refractivity contribution >= 4 is 0 Å². The monoisotopic (exact) mass is 146 g/mol. The highest BCUT2D eigenvalue weighted by molar-refractivity contribution is 5.17. The summed E-state index contributed by atoms with van der Waals surface area (Å²) in [6.45, 7) is -2.27. The zero-order valence-electron chi connectivity index (χ0n) is 7.07. The predicted octanol–water partition coefficient (Wildman–Crippen LogP) is 1.42. The van der Waals surface area contributed by atoms with Crippen molar-refractivity contribution in [2.45, 2.75) is 6.50 Å². The molecule has 1 aromatic carbocycles. The molecule has 3 heteroatoms. The van der Waals surface area contributed by atoms with Gasteiger partial charge in [0.15, 0.2) is 0 Å². The molecule has 0 saturated heterocycles. The van der Waals surface area contributed by atoms with Crippen LogP contribution in [0.5, 0.6) is 0 Å². The fourth-order valence-corrected chi connectivity index (χ4v) is 0.607. The molecule has 0 unspecified atom stereocenters. The summed E-state index contributed by atoms with van der Waals surface area (Å²) in [5, 5.41) is 0. The third-order valence-electron chi connectivity index (χ3n) is 1.09. The Morgan fingerprint density at radius 3 is 2.70 bits per heavy atom. The Morgan fingerprint density at radius 2 is 2.20 bits per heavy atom. The minimum atomic E-state index is -2.27. The molecule has 0 bridgehead atoms. The molecule has 0 spiro atoms. The summed E-state index contributed by atoms with van der Waals surface area (Å²) >= 11 is 0. The van der Waals surface area contributed by atoms with Crippen molar-refractivity contribution in [3.63, 3.8) is 0 Å². The van der Waals surface area contributed by atoms with E-state index in [4.69, 9.17) is 8.48 Å². The molecule has 0 radical (unpaired) electrons. The average molecular weight is 146 g/mol. The average Bonchev–Trinajstić information content (AvgIpc) is 1.83. The highest BCUT2D eigenvalue weighted by atomic mass is 19.1. The van der Waals surface area contributed by atoms with Gasteiger partial charge in [0, 0.05) is 20.9 Å². The summed E-state index contributed by atoms with van der Waals surface area (Å²) in [6.07, 6.45) is 0. The SMILES string of the molecule is [2H]C([2H])([15NH2])c1ccc(F)cc1F. The standard InChI is InChI=1S/C7H7F2N/c8-6-2-1-5(4-10)7(9)3-6/h1-3H,4,10H2/i4D2,10+1. The zero-order valence-corrected chi connectivity index (χ0v) is 5.07. The van der Waals surface area contributed by atoms with Crippen LogP contribution in [-0.4, -0.2) is 0 Å². The van der Waals surface area contributed by atoms with E-state index in [0.717, 1.165) is 12.1 Å². The Morgan fingerprint density at radius 1 is 1.50 bits per heavy atom. The van der Waals surface area contributed by atoms with Crippen LogP contribution in [-0.2, 0) is 6.50 Å². The van der Waals surface area contributed by atoms with Gasteiger partial charge in [-0.05, 0) is 6.07 Å². The Labute approximate surface area is 60.3 Å². The van der Waals surface area contributed by atoms with E-state index in [1.54, 1.807) is 0 Å². The van der Waals surface area contributed by atoms with Gasteiger partial charge in [-0.1, -0.05) is 6.07 Å². The lowest BCUT2D eigenvalue weighted by molar-refractivity contribution is 0.572. The lowest BCUT2D eigenvalue weighted by Gasteiger charge is -1.96. The molecule has 0 aliphatic rings. The van der Waals surface area contributed by atoms with Gasteiger partial charge in [0.25, 0.3) is 0 Å². The van der Waals surface area contributed by atoms with Gasteiger partial charge in [-0.25, -0.2) is 8.78 Å². The van der Waals surface area contributed by atoms with Crippen LogP contribution >= 0.6 is 0 Å². The Kier molecular flexibility index (Phi) is 1.32. The fraction of sp³-hybridized carbons (Fsp3) is 0.143. The van der Waals surface area contributed by atoms with E-state index in [2.05, 4.69) is 0 Å². The molecule has 1 nitrogen and oxygen atoms in total. The number of hydrogen-bond acceptors (Lipinski definition) is 1. The first-order chi connectivity index (χ1) is 5.41. The Balaban J connectivity index is 3.19. The third-order valence-corrected chi connectivity index (χ3v) is 1.09. The van der Waals surface area contributed by atoms with Gasteiger partial charge in [0.2, 0.25) is 0 Å². The van der Waals surface area contributed by atoms with Crippen molar-refractivity contribution in [3.8, 4) is 0 Å². The second-order valence-corrected chi connectivity index (χ2v) is 1.77. The lowest BCUT2D eigenvalue weighted by Crippen LogP contribution is -1.99. The van der Waals surface area contributed by atoms with Crippen molar-refractivity contribution in [2.24, 2.45) is 5.73 Å². The largest absolute Gasteiger partial charge is 0.326 e. The van der Waals surface area contributed by atoms with Crippen molar-refractivity contribution in [1.82, 2.24) is 0 Å². The van der Waals surface area contributed by atoms with Crippen LogP contribution in [0.2, 0.25) is 0 Å². The second kappa shape index (κ2) is 2.75. The number of rotatable bonds is 1. The summed E-state index contributed by atoms with van der Waals surface area (Å²) in [7, 11) is 0. The maximum atomic E-state index is 12.8. The molecule has 0 aromatic heterocycles. The minimum absolute atomic E-state index is 0.344. The minimum Gasteiger partial charge on any atom is -0.326 e. The molecule has 0 aliphatic heterocycles. The number of halogens is 2. The molecular formula is C7H7F2N. The van der Waals surface area contributed by atoms with E-state index in [-0.39, 0.29) is 5.56 Å². The quantitative estimate of drug-likeness (QED) is 0.596. The molecule has 0 atom stereocenters. The Bertz CT molecular complexity index is 296. The third kappa shape index (κ3) is 1.30. The maximum Gasteiger partial charge on any atom is 0.130 e. The van der Waals surface area contributed by atoms with E-state index in [0.29, 0.717) is 6.07 Å². The van der Waals surface area contributed by atoms with Crippen LogP contribution in [0.1, 0.15) is 8.30 Å². The van der Waals surface area contributed by atoms with Gasteiger partial charge in [-0.3, -0.25) is 0 Å². The number of nitrogens with two attached hydrogens (primary N) is 1. The maximum absolute atomic E-state index is 12.8. The molecule has 54 valence electrons. The van der Waals surface area contributed by atoms with Crippen LogP contribution in [0.3, 0.4) is 0 Å². The van der Waals surface area contributed by atoms with E-state index < -0.39 is 18.1 Å². The normalized spacial score (nSPS) is 14.3. The summed E-state index contributed by atoms with van der Waals surface area (Å²) in [6, 6.07) is 2.55. The molecule has 0 fully saturated rings. The summed E-state index contributed by atoms with van der Waals surface area (Å²) in [5.74, 6) is -1.72. The van der Waals surface area contributed by atoms with Crippen molar-refractivity contribution in [1.29, 1.82) is 0 Å². The highest BCUT2D eigenvalue weighted by Crippen LogP contribution is 2.07. The first-order valence-electron chi connectivity index (χ1n) is 3.65. The molecule has 1 rings (SSSR count). The summed E-state index contributed by atoms with van der Waals surface area (Å²) in [5.41, 5.74) is 4.63. The van der Waals surface area contributed by atoms with E-state index in [9.17, 15) is 8.78 Å². The molecule has 2 N–H and O–H groups in total. The van der Waals surface area contributed by atoms with E-state index in [1.807, 2.05) is 0 Å². The molecule has 0 saturated carbocycles. The second-order valence-electron chi connectivity index (χ2n) is 1.77. The van der Waals surface area contributed by atoms with Gasteiger partial charge in [0.05, 0.1) is 0 Å². The van der Waals surface area contributed by atoms with Crippen LogP contribution in [0.15, 0.2) is 18.2 Å². The number of benzene rings is 1. The van der Waals surface area contributed by atoms with Gasteiger partial charge in [0.1, 0.15) is 11.6 Å². The zero-order chi connectivity index (χ0) is 9.35. The fourth-order valence-electron chi connectivity index (χ4n) is 0.607. The topological polar surface area (TPSA) is 26.0 Å². The van der Waals surface area contributed by atoms with Crippen LogP contribution in [0, 0.1) is 11.6 Å². The first-order valence-corrected chi connectivity index (χ1v) is 2.65. The van der Waals surface area contributed by atoms with Crippen LogP contribution < -0.4 is 5.73 Å². The summed E-state index contributed by atoms with van der Waals surface area (Å²) in [4.78, 5) is 0. The van der Waals surface area contributed by atoms with Gasteiger partial charge >= 0.3 is 0 Å². The van der Waals surface area contributed by atoms with Crippen molar-refractivity contribution in [3.05, 3.63) is 35.4 Å². The molecule has 0 aliphatic carbocycles. The first kappa shape index (κ1) is 4.79. The smallest absolute Gasteiger partial charge is 0.130 e. The van der Waals surface area contributed by atoms with Crippen molar-refractivity contribution in [2.75, 3.05) is 0 Å². The van der Waals surface area contributed by atoms with Gasteiger partial charge in [-0.15, -0.1) is 0 Å². The highest BCUT2D eigenvalue weighted by Gasteiger charge is 1.99. The van der Waals surface area contributed by atoms with Gasteiger partial charge in [-0.2, -0.15) is 0 Å². The molecule has 0 heterocycles. The summed E-state index contributed by atoms with van der Waals surface area (Å²) < 4.78 is 39.1. The number of hydrogen-bond donors (Lipinski definition) is 1.